The molecule has 0 N–H and O–H groups in total. The van der Waals surface area contributed by atoms with Crippen LogP contribution in [0.1, 0.15) is 56.4 Å². The van der Waals surface area contributed by atoms with Crippen LogP contribution in [0.4, 0.5) is 5.69 Å². The van der Waals surface area contributed by atoms with Gasteiger partial charge in [0.25, 0.3) is 0 Å². The lowest BCUT2D eigenvalue weighted by molar-refractivity contribution is 0.676. The van der Waals surface area contributed by atoms with Crippen LogP contribution < -0.4 is 4.90 Å². The van der Waals surface area contributed by atoms with Crippen molar-refractivity contribution in [2.24, 2.45) is 5.92 Å². The van der Waals surface area contributed by atoms with Crippen LogP contribution in [0.3, 0.4) is 0 Å². The number of anilines is 1. The van der Waals surface area contributed by atoms with Gasteiger partial charge in [-0.25, -0.2) is 0 Å². The third-order valence-electron chi connectivity index (χ3n) is 13.5. The summed E-state index contributed by atoms with van der Waals surface area (Å²) in [6.07, 6.45) is 18.1. The Morgan fingerprint density at radius 3 is 1.89 bits per heavy atom. The largest absolute Gasteiger partial charge is 0.314 e. The first kappa shape index (κ1) is 38.5. The molecule has 0 aliphatic heterocycles. The molecule has 11 rings (SSSR count). The minimum absolute atomic E-state index is 0.170. The molecule has 0 amide bonds. The summed E-state index contributed by atoms with van der Waals surface area (Å²) in [6.45, 7) is 11.8. The minimum Gasteiger partial charge on any atom is -0.314 e. The Labute approximate surface area is 370 Å². The second-order valence-corrected chi connectivity index (χ2v) is 17.3. The predicted octanol–water partition coefficient (Wildman–Crippen LogP) is 16.9. The quantitative estimate of drug-likeness (QED) is 0.110. The van der Waals surface area contributed by atoms with E-state index < -0.39 is 0 Å². The van der Waals surface area contributed by atoms with Gasteiger partial charge in [0.05, 0.1) is 11.2 Å². The second kappa shape index (κ2) is 15.8. The number of nitrogens with zero attached hydrogens (tertiary/aromatic N) is 2. The first-order valence-electron chi connectivity index (χ1n) is 22.4. The fraction of sp³-hybridized carbons (Fsp3) is 0.115. The molecule has 8 aromatic carbocycles. The second-order valence-electron chi connectivity index (χ2n) is 17.3. The summed E-state index contributed by atoms with van der Waals surface area (Å²) in [4.78, 5) is 2.45. The van der Waals surface area contributed by atoms with Crippen molar-refractivity contribution in [3.8, 4) is 11.1 Å². The van der Waals surface area contributed by atoms with Crippen molar-refractivity contribution in [2.75, 3.05) is 4.90 Å². The predicted molar refractivity (Wildman–Crippen MR) is 273 cm³/mol. The molecule has 2 aliphatic carbocycles. The van der Waals surface area contributed by atoms with Crippen molar-refractivity contribution in [3.05, 3.63) is 229 Å². The van der Waals surface area contributed by atoms with Gasteiger partial charge in [-0.1, -0.05) is 190 Å². The van der Waals surface area contributed by atoms with E-state index >= 15 is 0 Å². The Balaban J connectivity index is 1.10. The van der Waals surface area contributed by atoms with Gasteiger partial charge in [0.1, 0.15) is 0 Å². The lowest BCUT2D eigenvalue weighted by Gasteiger charge is -2.35. The molecule has 9 aromatic rings. The molecule has 0 saturated heterocycles. The molecule has 304 valence electrons. The molecule has 2 unspecified atom stereocenters. The molecule has 2 heteroatoms. The van der Waals surface area contributed by atoms with Crippen LogP contribution in [0, 0.1) is 5.92 Å². The zero-order valence-electron chi connectivity index (χ0n) is 36.2. The molecule has 1 heterocycles. The summed E-state index contributed by atoms with van der Waals surface area (Å²) >= 11 is 0. The SMILES string of the molecule is C=C(/C=C\C(=C/C)n1c2c(c3ccccc31)C=CCC2C)N(C1=CC=C(c2c(-c3ccccc3)c3ccccc3c3ccccc23)CC1C)c1cc2ccccc2c2ccccc12. The molecule has 2 aliphatic rings. The first-order valence-corrected chi connectivity index (χ1v) is 22.4. The van der Waals surface area contributed by atoms with E-state index in [-0.39, 0.29) is 5.92 Å². The maximum Gasteiger partial charge on any atom is 0.0543 e. The van der Waals surface area contributed by atoms with Crippen molar-refractivity contribution in [3.63, 3.8) is 0 Å². The van der Waals surface area contributed by atoms with Gasteiger partial charge in [-0.05, 0) is 110 Å². The molecular formula is C61H50N2. The summed E-state index contributed by atoms with van der Waals surface area (Å²) in [7, 11) is 0. The summed E-state index contributed by atoms with van der Waals surface area (Å²) < 4.78 is 2.48. The number of para-hydroxylation sites is 1. The molecule has 0 fully saturated rings. The molecule has 2 nitrogen and oxygen atoms in total. The topological polar surface area (TPSA) is 8.17 Å². The monoisotopic (exact) mass is 810 g/mol. The van der Waals surface area contributed by atoms with Crippen molar-refractivity contribution < 1.29 is 0 Å². The smallest absolute Gasteiger partial charge is 0.0543 e. The third-order valence-corrected chi connectivity index (χ3v) is 13.5. The third kappa shape index (κ3) is 6.40. The molecule has 1 aromatic heterocycles. The summed E-state index contributed by atoms with van der Waals surface area (Å²) in [5.41, 5.74) is 13.6. The Kier molecular flexibility index (Phi) is 9.66. The maximum absolute atomic E-state index is 4.92. The molecule has 0 spiro atoms. The van der Waals surface area contributed by atoms with Crippen molar-refractivity contribution >= 4 is 77.0 Å². The van der Waals surface area contributed by atoms with Gasteiger partial charge in [-0.15, -0.1) is 0 Å². The zero-order valence-corrected chi connectivity index (χ0v) is 36.2. The highest BCUT2D eigenvalue weighted by Gasteiger charge is 2.29. The Hall–Kier alpha value is -7.42. The summed E-state index contributed by atoms with van der Waals surface area (Å²) in [5.74, 6) is 0.573. The highest BCUT2D eigenvalue weighted by Crippen LogP contribution is 2.48. The maximum atomic E-state index is 4.92. The van der Waals surface area contributed by atoms with Gasteiger partial charge >= 0.3 is 0 Å². The van der Waals surface area contributed by atoms with Gasteiger partial charge in [0.2, 0.25) is 0 Å². The lowest BCUT2D eigenvalue weighted by atomic mass is 9.80. The Morgan fingerprint density at radius 2 is 1.19 bits per heavy atom. The number of fused-ring (bicyclic) bond motifs is 9. The van der Waals surface area contributed by atoms with E-state index in [1.807, 2.05) is 0 Å². The van der Waals surface area contributed by atoms with Crippen LogP contribution in [-0.2, 0) is 0 Å². The average molecular weight is 811 g/mol. The molecule has 2 atom stereocenters. The van der Waals surface area contributed by atoms with Crippen LogP contribution >= 0.6 is 0 Å². The average Bonchev–Trinajstić information content (AvgIpc) is 3.67. The first-order chi connectivity index (χ1) is 31.0. The Morgan fingerprint density at radius 1 is 0.603 bits per heavy atom. The Bertz CT molecular complexity index is 3460. The van der Waals surface area contributed by atoms with Gasteiger partial charge in [0.15, 0.2) is 0 Å². The number of benzene rings is 8. The number of hydrogen-bond acceptors (Lipinski definition) is 1. The summed E-state index contributed by atoms with van der Waals surface area (Å²) in [5, 5.41) is 11.4. The number of hydrogen-bond donors (Lipinski definition) is 0. The fourth-order valence-electron chi connectivity index (χ4n) is 10.7. The molecular weight excluding hydrogens is 761 g/mol. The zero-order chi connectivity index (χ0) is 42.6. The van der Waals surface area contributed by atoms with E-state index in [0.717, 1.165) is 29.9 Å². The van der Waals surface area contributed by atoms with Crippen LogP contribution in [0.5, 0.6) is 0 Å². The van der Waals surface area contributed by atoms with Crippen molar-refractivity contribution in [1.82, 2.24) is 4.57 Å². The van der Waals surface area contributed by atoms with Crippen LogP contribution in [0.15, 0.2) is 212 Å². The van der Waals surface area contributed by atoms with Crippen molar-refractivity contribution in [1.29, 1.82) is 0 Å². The fourth-order valence-corrected chi connectivity index (χ4v) is 10.7. The van der Waals surface area contributed by atoms with Gasteiger partial charge in [-0.3, -0.25) is 0 Å². The van der Waals surface area contributed by atoms with Gasteiger partial charge < -0.3 is 9.47 Å². The number of rotatable bonds is 8. The van der Waals surface area contributed by atoms with Crippen LogP contribution in [0.2, 0.25) is 0 Å². The molecule has 63 heavy (non-hydrogen) atoms. The van der Waals surface area contributed by atoms with E-state index in [9.17, 15) is 0 Å². The van der Waals surface area contributed by atoms with E-state index in [1.54, 1.807) is 0 Å². The van der Waals surface area contributed by atoms with E-state index in [2.05, 4.69) is 230 Å². The normalized spacial score (nSPS) is 16.6. The van der Waals surface area contributed by atoms with Gasteiger partial charge in [-0.2, -0.15) is 0 Å². The van der Waals surface area contributed by atoms with E-state index in [1.165, 1.54) is 93.2 Å². The minimum atomic E-state index is 0.170. The molecule has 0 bridgehead atoms. The molecule has 0 radical (unpaired) electrons. The number of allylic oxidation sites excluding steroid dienone is 9. The highest BCUT2D eigenvalue weighted by molar-refractivity contribution is 6.19. The highest BCUT2D eigenvalue weighted by atomic mass is 15.2. The lowest BCUT2D eigenvalue weighted by Crippen LogP contribution is -2.26. The summed E-state index contributed by atoms with van der Waals surface area (Å²) in [6, 6.07) is 57.7. The van der Waals surface area contributed by atoms with Crippen LogP contribution in [0.25, 0.3) is 82.5 Å². The molecule has 0 saturated carbocycles. The van der Waals surface area contributed by atoms with E-state index in [0.29, 0.717) is 5.92 Å². The van der Waals surface area contributed by atoms with Crippen LogP contribution in [-0.4, -0.2) is 4.57 Å². The standard InChI is InChI=1S/C61H50N2/c1-5-46(63-57-33-18-17-29-52(57)55-32-19-20-40(2)61(55)63)36-34-42(4)62(58-39-44-23-9-10-24-47(44)48-25-11-14-28-51(48)58)56-37-35-45(38-41(56)3)60-54-31-16-13-27-50(54)49-26-12-15-30-53(49)59(60)43-21-7-6-8-22-43/h5-19,21-37,39-41H,4,20,38H2,1-3H3/b36-34-,46-5+. The van der Waals surface area contributed by atoms with Gasteiger partial charge in [0, 0.05) is 51.0 Å². The van der Waals surface area contributed by atoms with Crippen molar-refractivity contribution in [2.45, 2.75) is 39.5 Å². The number of aromatic nitrogens is 1. The van der Waals surface area contributed by atoms with E-state index in [4.69, 9.17) is 6.58 Å².